The number of hydrogen-bond donors (Lipinski definition) is 2. The fourth-order valence-electron chi connectivity index (χ4n) is 4.71. The summed E-state index contributed by atoms with van der Waals surface area (Å²) in [6.07, 6.45) is -3.19. The van der Waals surface area contributed by atoms with Crippen LogP contribution in [0.5, 0.6) is 0 Å². The van der Waals surface area contributed by atoms with E-state index in [-0.39, 0.29) is 23.4 Å². The Balaban J connectivity index is 1.59. The minimum absolute atomic E-state index is 0.0202. The molecule has 3 unspecified atom stereocenters. The molecule has 1 aliphatic carbocycles. The van der Waals surface area contributed by atoms with Crippen LogP contribution < -0.4 is 4.72 Å². The summed E-state index contributed by atoms with van der Waals surface area (Å²) in [4.78, 5) is 14.9. The molecule has 0 amide bonds. The molecule has 196 valence electrons. The lowest BCUT2D eigenvalue weighted by atomic mass is 9.90. The van der Waals surface area contributed by atoms with Crippen LogP contribution in [0.15, 0.2) is 47.0 Å². The van der Waals surface area contributed by atoms with Gasteiger partial charge in [0.05, 0.1) is 0 Å². The second kappa shape index (κ2) is 9.51. The van der Waals surface area contributed by atoms with Gasteiger partial charge in [0, 0.05) is 22.9 Å². The predicted molar refractivity (Wildman–Crippen MR) is 128 cm³/mol. The molecule has 2 N–H and O–H groups in total. The number of rotatable bonds is 10. The Morgan fingerprint density at radius 2 is 1.94 bits per heavy atom. The molecule has 4 rings (SSSR count). The molecule has 0 saturated heterocycles. The number of carboxylic acid groups (broad SMARTS) is 1. The van der Waals surface area contributed by atoms with Gasteiger partial charge in [0.2, 0.25) is 15.8 Å². The number of aliphatic carboxylic acids is 1. The molecule has 13 heteroatoms. The van der Waals surface area contributed by atoms with Crippen molar-refractivity contribution in [2.45, 2.75) is 48.4 Å². The minimum Gasteiger partial charge on any atom is -0.480 e. The Bertz CT molecular complexity index is 1260. The lowest BCUT2D eigenvalue weighted by Gasteiger charge is -2.30. The number of benzene rings is 1. The average molecular weight is 546 g/mol. The fourth-order valence-corrected chi connectivity index (χ4v) is 7.88. The largest absolute Gasteiger partial charge is 0.480 e. The third-order valence-corrected chi connectivity index (χ3v) is 10.4. The molecule has 3 atom stereocenters. The highest BCUT2D eigenvalue weighted by atomic mass is 32.3. The highest BCUT2D eigenvalue weighted by molar-refractivity contribution is 8.18. The van der Waals surface area contributed by atoms with Crippen LogP contribution in [0.2, 0.25) is 0 Å². The van der Waals surface area contributed by atoms with Gasteiger partial charge < -0.3 is 14.5 Å². The van der Waals surface area contributed by atoms with Crippen LogP contribution in [0, 0.1) is 0 Å². The molecule has 0 radical (unpaired) electrons. The number of nitrogens with one attached hydrogen (secondary N) is 1. The standard InChI is InChI=1S/C23H26F3N3O5S2/c1-3-29(4-2)14-21(15-8-6-5-7-9-15)13-22(21,20(30)31)28-36(32,33)19-11-10-17(35-19)16-12-18(34-27-16)23(24,25)26/h5-10,12,19,28H,3-4,11,13-14H2,1-2H3,(H,30,31). The maximum atomic E-state index is 13.4. The summed E-state index contributed by atoms with van der Waals surface area (Å²) in [7, 11) is -4.21. The fraction of sp³-hybridized carbons (Fsp3) is 0.478. The van der Waals surface area contributed by atoms with Gasteiger partial charge in [0.25, 0.3) is 0 Å². The summed E-state index contributed by atoms with van der Waals surface area (Å²) >= 11 is 0.811. The second-order valence-corrected chi connectivity index (χ2v) is 12.3. The number of allylic oxidation sites excluding steroid dienone is 1. The van der Waals surface area contributed by atoms with Crippen molar-refractivity contribution in [3.05, 3.63) is 59.5 Å². The molecule has 0 bridgehead atoms. The van der Waals surface area contributed by atoms with Crippen LogP contribution in [0.3, 0.4) is 0 Å². The maximum absolute atomic E-state index is 13.4. The van der Waals surface area contributed by atoms with E-state index in [0.29, 0.717) is 25.7 Å². The van der Waals surface area contributed by atoms with E-state index < -0.39 is 43.5 Å². The third-order valence-electron chi connectivity index (χ3n) is 6.80. The monoisotopic (exact) mass is 545 g/mol. The Kier molecular flexibility index (Phi) is 7.05. The topological polar surface area (TPSA) is 113 Å². The number of carbonyl (C=O) groups is 1. The lowest BCUT2D eigenvalue weighted by molar-refractivity contribution is -0.155. The minimum atomic E-state index is -4.71. The number of alkyl halides is 3. The van der Waals surface area contributed by atoms with Gasteiger partial charge >= 0.3 is 12.1 Å². The third kappa shape index (κ3) is 4.69. The van der Waals surface area contributed by atoms with E-state index in [0.717, 1.165) is 17.3 Å². The van der Waals surface area contributed by atoms with Crippen LogP contribution in [0.25, 0.3) is 4.91 Å². The Morgan fingerprint density at radius 3 is 2.50 bits per heavy atom. The average Bonchev–Trinajstić information content (AvgIpc) is 3.23. The molecular weight excluding hydrogens is 519 g/mol. The maximum Gasteiger partial charge on any atom is 0.452 e. The number of thioether (sulfide) groups is 1. The van der Waals surface area contributed by atoms with Gasteiger partial charge in [-0.05, 0) is 31.5 Å². The van der Waals surface area contributed by atoms with E-state index >= 15 is 0 Å². The highest BCUT2D eigenvalue weighted by Crippen LogP contribution is 2.59. The van der Waals surface area contributed by atoms with E-state index in [9.17, 15) is 31.5 Å². The van der Waals surface area contributed by atoms with E-state index in [1.165, 1.54) is 6.08 Å². The Hall–Kier alpha value is -2.35. The summed E-state index contributed by atoms with van der Waals surface area (Å²) in [5.74, 6) is -2.56. The summed E-state index contributed by atoms with van der Waals surface area (Å²) < 4.78 is 71.1. The molecule has 1 fully saturated rings. The van der Waals surface area contributed by atoms with Gasteiger partial charge in [0.15, 0.2) is 0 Å². The van der Waals surface area contributed by atoms with Gasteiger partial charge in [-0.25, -0.2) is 8.42 Å². The van der Waals surface area contributed by atoms with Gasteiger partial charge in [-0.2, -0.15) is 17.9 Å². The van der Waals surface area contributed by atoms with Crippen LogP contribution in [-0.2, 0) is 26.4 Å². The van der Waals surface area contributed by atoms with Crippen LogP contribution in [0.1, 0.15) is 43.7 Å². The molecular formula is C23H26F3N3O5S2. The number of hydrogen-bond acceptors (Lipinski definition) is 7. The summed E-state index contributed by atoms with van der Waals surface area (Å²) in [5.41, 5.74) is -2.13. The molecule has 0 spiro atoms. The first-order valence-electron chi connectivity index (χ1n) is 11.3. The van der Waals surface area contributed by atoms with Crippen molar-refractivity contribution < 1.29 is 36.0 Å². The number of likely N-dealkylation sites (N-methyl/N-ethyl adjacent to an activating group) is 1. The summed E-state index contributed by atoms with van der Waals surface area (Å²) in [6.45, 7) is 5.58. The summed E-state index contributed by atoms with van der Waals surface area (Å²) in [6, 6.07) is 9.69. The normalized spacial score (nSPS) is 26.3. The molecule has 1 aromatic heterocycles. The number of nitrogens with zero attached hydrogens (tertiary/aromatic N) is 2. The van der Waals surface area contributed by atoms with Crippen molar-refractivity contribution in [1.82, 2.24) is 14.8 Å². The van der Waals surface area contributed by atoms with Crippen molar-refractivity contribution in [2.75, 3.05) is 19.6 Å². The van der Waals surface area contributed by atoms with Crippen molar-refractivity contribution in [2.24, 2.45) is 0 Å². The van der Waals surface area contributed by atoms with E-state index in [4.69, 9.17) is 0 Å². The molecule has 1 saturated carbocycles. The second-order valence-electron chi connectivity index (χ2n) is 8.87. The molecule has 1 aromatic carbocycles. The first-order chi connectivity index (χ1) is 16.9. The molecule has 1 aliphatic heterocycles. The molecule has 8 nitrogen and oxygen atoms in total. The molecule has 2 heterocycles. The van der Waals surface area contributed by atoms with Gasteiger partial charge in [-0.15, -0.1) is 11.8 Å². The zero-order chi connectivity index (χ0) is 26.4. The van der Waals surface area contributed by atoms with Gasteiger partial charge in [0.1, 0.15) is 15.8 Å². The lowest BCUT2D eigenvalue weighted by Crippen LogP contribution is -2.53. The van der Waals surface area contributed by atoms with Crippen LogP contribution in [0.4, 0.5) is 13.2 Å². The highest BCUT2D eigenvalue weighted by Gasteiger charge is 2.75. The van der Waals surface area contributed by atoms with Gasteiger partial charge in [-0.1, -0.05) is 55.4 Å². The van der Waals surface area contributed by atoms with Crippen molar-refractivity contribution in [3.63, 3.8) is 0 Å². The van der Waals surface area contributed by atoms with E-state index in [1.807, 2.05) is 13.8 Å². The SMILES string of the molecule is CCN(CC)CC1(c2ccccc2)CC1(NS(=O)(=O)C1CC=C(c2cc(C(F)(F)F)on2)S1)C(=O)O. The number of halogens is 3. The Morgan fingerprint density at radius 1 is 1.28 bits per heavy atom. The zero-order valence-corrected chi connectivity index (χ0v) is 21.2. The zero-order valence-electron chi connectivity index (χ0n) is 19.6. The van der Waals surface area contributed by atoms with Crippen LogP contribution in [-0.4, -0.2) is 59.3 Å². The first-order valence-corrected chi connectivity index (χ1v) is 13.8. The van der Waals surface area contributed by atoms with Crippen molar-refractivity contribution in [1.29, 1.82) is 0 Å². The number of sulfonamides is 1. The smallest absolute Gasteiger partial charge is 0.452 e. The summed E-state index contributed by atoms with van der Waals surface area (Å²) in [5, 5.41) is 13.7. The van der Waals surface area contributed by atoms with E-state index in [1.54, 1.807) is 30.3 Å². The van der Waals surface area contributed by atoms with E-state index in [2.05, 4.69) is 19.3 Å². The number of aromatic nitrogens is 1. The first kappa shape index (κ1) is 26.7. The molecule has 2 aliphatic rings. The van der Waals surface area contributed by atoms with Crippen molar-refractivity contribution in [3.8, 4) is 0 Å². The number of carboxylic acids is 1. The molecule has 36 heavy (non-hydrogen) atoms. The predicted octanol–water partition coefficient (Wildman–Crippen LogP) is 3.92. The molecule has 2 aromatic rings. The Labute approximate surface area is 211 Å². The van der Waals surface area contributed by atoms with Crippen molar-refractivity contribution >= 4 is 32.7 Å². The quantitative estimate of drug-likeness (QED) is 0.462. The van der Waals surface area contributed by atoms with Gasteiger partial charge in [-0.3, -0.25) is 4.79 Å². The van der Waals surface area contributed by atoms with Crippen LogP contribution >= 0.6 is 11.8 Å².